The highest BCUT2D eigenvalue weighted by atomic mass is 32.2. The molecule has 0 aliphatic rings. The Labute approximate surface area is 145 Å². The van der Waals surface area contributed by atoms with E-state index in [9.17, 15) is 18.5 Å². The fourth-order valence-corrected chi connectivity index (χ4v) is 3.37. The van der Waals surface area contributed by atoms with Crippen LogP contribution in [0.2, 0.25) is 0 Å². The van der Waals surface area contributed by atoms with Crippen molar-refractivity contribution in [2.75, 3.05) is 26.1 Å². The van der Waals surface area contributed by atoms with Gasteiger partial charge in [-0.1, -0.05) is 6.07 Å². The molecule has 10 heteroatoms. The minimum atomic E-state index is -3.93. The molecule has 0 bridgehead atoms. The van der Waals surface area contributed by atoms with Gasteiger partial charge in [-0.15, -0.1) is 0 Å². The molecule has 0 aliphatic carbocycles. The zero-order chi connectivity index (χ0) is 18.6. The summed E-state index contributed by atoms with van der Waals surface area (Å²) >= 11 is 0. The lowest BCUT2D eigenvalue weighted by molar-refractivity contribution is -0.385. The van der Waals surface area contributed by atoms with Crippen molar-refractivity contribution in [3.05, 3.63) is 52.2 Å². The van der Waals surface area contributed by atoms with Crippen LogP contribution in [0.4, 0.5) is 11.5 Å². The average Bonchev–Trinajstić information content (AvgIpc) is 2.59. The molecule has 0 spiro atoms. The van der Waals surface area contributed by atoms with Crippen LogP contribution in [0.15, 0.2) is 41.4 Å². The van der Waals surface area contributed by atoms with Gasteiger partial charge in [0.05, 0.1) is 18.1 Å². The van der Waals surface area contributed by atoms with Gasteiger partial charge in [0.2, 0.25) is 10.0 Å². The predicted molar refractivity (Wildman–Crippen MR) is 92.2 cm³/mol. The standard InChI is InChI=1S/C15H18N4O5S/c1-18(2)15-11(5-4-8-16-15)10-17-25(22,23)14-7-6-12(19(20)21)9-13(14)24-3/h4-9,17H,10H2,1-3H3. The molecular formula is C15H18N4O5S. The highest BCUT2D eigenvalue weighted by Gasteiger charge is 2.22. The van der Waals surface area contributed by atoms with Gasteiger partial charge in [0.1, 0.15) is 16.5 Å². The van der Waals surface area contributed by atoms with Crippen molar-refractivity contribution >= 4 is 21.5 Å². The number of nitro groups is 1. The number of hydrogen-bond donors (Lipinski definition) is 1. The van der Waals surface area contributed by atoms with Crippen LogP contribution in [0.25, 0.3) is 0 Å². The number of nitro benzene ring substituents is 1. The van der Waals surface area contributed by atoms with E-state index in [-0.39, 0.29) is 22.9 Å². The molecule has 0 saturated carbocycles. The van der Waals surface area contributed by atoms with Gasteiger partial charge in [0.15, 0.2) is 0 Å². The lowest BCUT2D eigenvalue weighted by Crippen LogP contribution is -2.25. The number of methoxy groups -OCH3 is 1. The minimum absolute atomic E-state index is 0.0177. The smallest absolute Gasteiger partial charge is 0.273 e. The Kier molecular flexibility index (Phi) is 5.55. The second kappa shape index (κ2) is 7.45. The van der Waals surface area contributed by atoms with Crippen molar-refractivity contribution in [3.8, 4) is 5.75 Å². The van der Waals surface area contributed by atoms with Gasteiger partial charge >= 0.3 is 0 Å². The van der Waals surface area contributed by atoms with E-state index in [1.807, 2.05) is 0 Å². The number of anilines is 1. The van der Waals surface area contributed by atoms with E-state index >= 15 is 0 Å². The van der Waals surface area contributed by atoms with E-state index in [2.05, 4.69) is 9.71 Å². The Morgan fingerprint density at radius 1 is 1.32 bits per heavy atom. The van der Waals surface area contributed by atoms with Gasteiger partial charge in [0.25, 0.3) is 5.69 Å². The number of ether oxygens (including phenoxy) is 1. The SMILES string of the molecule is COc1cc([N+](=O)[O-])ccc1S(=O)(=O)NCc1cccnc1N(C)C. The summed E-state index contributed by atoms with van der Waals surface area (Å²) in [5, 5.41) is 10.8. The number of pyridine rings is 1. The Morgan fingerprint density at radius 2 is 2.04 bits per heavy atom. The van der Waals surface area contributed by atoms with Crippen LogP contribution in [0, 0.1) is 10.1 Å². The predicted octanol–water partition coefficient (Wildman–Crippen LogP) is 1.54. The monoisotopic (exact) mass is 366 g/mol. The van der Waals surface area contributed by atoms with Gasteiger partial charge < -0.3 is 9.64 Å². The van der Waals surface area contributed by atoms with Gasteiger partial charge in [-0.3, -0.25) is 10.1 Å². The molecule has 0 atom stereocenters. The van der Waals surface area contributed by atoms with Gasteiger partial charge in [-0.25, -0.2) is 18.1 Å². The minimum Gasteiger partial charge on any atom is -0.495 e. The Bertz CT molecular complexity index is 883. The van der Waals surface area contributed by atoms with Crippen molar-refractivity contribution in [2.45, 2.75) is 11.4 Å². The van der Waals surface area contributed by atoms with Crippen molar-refractivity contribution in [2.24, 2.45) is 0 Å². The van der Waals surface area contributed by atoms with Gasteiger partial charge in [-0.2, -0.15) is 0 Å². The molecule has 0 saturated heterocycles. The molecule has 0 radical (unpaired) electrons. The number of nitrogens with one attached hydrogen (secondary N) is 1. The average molecular weight is 366 g/mol. The first-order valence-corrected chi connectivity index (χ1v) is 8.68. The first-order valence-electron chi connectivity index (χ1n) is 7.19. The highest BCUT2D eigenvalue weighted by molar-refractivity contribution is 7.89. The maximum atomic E-state index is 12.6. The maximum Gasteiger partial charge on any atom is 0.273 e. The molecule has 1 aromatic heterocycles. The second-order valence-corrected chi connectivity index (χ2v) is 7.03. The Hall–Kier alpha value is -2.72. The van der Waals surface area contributed by atoms with Crippen LogP contribution in [0.1, 0.15) is 5.56 Å². The van der Waals surface area contributed by atoms with E-state index in [1.165, 1.54) is 7.11 Å². The number of hydrogen-bond acceptors (Lipinski definition) is 7. The van der Waals surface area contributed by atoms with Gasteiger partial charge in [0, 0.05) is 38.5 Å². The summed E-state index contributed by atoms with van der Waals surface area (Å²) in [6, 6.07) is 6.81. The lowest BCUT2D eigenvalue weighted by Gasteiger charge is -2.16. The quantitative estimate of drug-likeness (QED) is 0.584. The first kappa shape index (κ1) is 18.6. The van der Waals surface area contributed by atoms with Crippen LogP contribution < -0.4 is 14.4 Å². The molecule has 2 rings (SSSR count). The van der Waals surface area contributed by atoms with Crippen LogP contribution >= 0.6 is 0 Å². The fraction of sp³-hybridized carbons (Fsp3) is 0.267. The zero-order valence-electron chi connectivity index (χ0n) is 14.0. The molecule has 2 aromatic rings. The van der Waals surface area contributed by atoms with Crippen LogP contribution in [0.3, 0.4) is 0 Å². The molecular weight excluding hydrogens is 348 g/mol. The van der Waals surface area contributed by atoms with E-state index in [4.69, 9.17) is 4.74 Å². The summed E-state index contributed by atoms with van der Waals surface area (Å²) in [4.78, 5) is 16.0. The van der Waals surface area contributed by atoms with Crippen molar-refractivity contribution < 1.29 is 18.1 Å². The lowest BCUT2D eigenvalue weighted by atomic mass is 10.2. The summed E-state index contributed by atoms with van der Waals surface area (Å²) in [6.07, 6.45) is 1.62. The summed E-state index contributed by atoms with van der Waals surface area (Å²) < 4.78 is 32.6. The second-order valence-electron chi connectivity index (χ2n) is 5.30. The summed E-state index contributed by atoms with van der Waals surface area (Å²) in [5.41, 5.74) is 0.440. The molecule has 0 unspecified atom stereocenters. The van der Waals surface area contributed by atoms with E-state index in [1.54, 1.807) is 37.3 Å². The van der Waals surface area contributed by atoms with Crippen LogP contribution in [-0.2, 0) is 16.6 Å². The van der Waals surface area contributed by atoms with Crippen LogP contribution in [-0.4, -0.2) is 39.5 Å². The molecule has 134 valence electrons. The molecule has 1 aromatic carbocycles. The third-order valence-electron chi connectivity index (χ3n) is 3.39. The third-order valence-corrected chi connectivity index (χ3v) is 4.83. The number of aromatic nitrogens is 1. The molecule has 1 N–H and O–H groups in total. The Morgan fingerprint density at radius 3 is 2.64 bits per heavy atom. The van der Waals surface area contributed by atoms with Crippen molar-refractivity contribution in [1.29, 1.82) is 0 Å². The number of sulfonamides is 1. The topological polar surface area (TPSA) is 115 Å². The van der Waals surface area contributed by atoms with E-state index in [0.29, 0.717) is 11.4 Å². The fourth-order valence-electron chi connectivity index (χ4n) is 2.21. The molecule has 9 nitrogen and oxygen atoms in total. The summed E-state index contributed by atoms with van der Waals surface area (Å²) in [7, 11) is 0.934. The zero-order valence-corrected chi connectivity index (χ0v) is 14.8. The molecule has 25 heavy (non-hydrogen) atoms. The van der Waals surface area contributed by atoms with Gasteiger partial charge in [-0.05, 0) is 12.1 Å². The summed E-state index contributed by atoms with van der Waals surface area (Å²) in [6.45, 7) is 0.0177. The largest absolute Gasteiger partial charge is 0.495 e. The number of non-ortho nitro benzene ring substituents is 1. The Balaban J connectivity index is 2.30. The van der Waals surface area contributed by atoms with E-state index < -0.39 is 14.9 Å². The number of benzene rings is 1. The third kappa shape index (κ3) is 4.22. The molecule has 0 fully saturated rings. The molecule has 0 aliphatic heterocycles. The van der Waals surface area contributed by atoms with Crippen LogP contribution in [0.5, 0.6) is 5.75 Å². The highest BCUT2D eigenvalue weighted by Crippen LogP contribution is 2.28. The van der Waals surface area contributed by atoms with Crippen molar-refractivity contribution in [3.63, 3.8) is 0 Å². The normalized spacial score (nSPS) is 11.2. The summed E-state index contributed by atoms with van der Waals surface area (Å²) in [5.74, 6) is 0.543. The molecule has 1 heterocycles. The molecule has 0 amide bonds. The van der Waals surface area contributed by atoms with E-state index in [0.717, 1.165) is 18.2 Å². The number of nitrogens with zero attached hydrogens (tertiary/aromatic N) is 3. The first-order chi connectivity index (χ1) is 11.8. The van der Waals surface area contributed by atoms with Crippen molar-refractivity contribution in [1.82, 2.24) is 9.71 Å². The maximum absolute atomic E-state index is 12.6. The number of rotatable bonds is 7.